The maximum atomic E-state index is 13.0. The lowest BCUT2D eigenvalue weighted by molar-refractivity contribution is 0.103. The monoisotopic (exact) mass is 428 g/mol. The van der Waals surface area contributed by atoms with Gasteiger partial charge in [0.25, 0.3) is 15.9 Å². The number of anilines is 2. The maximum Gasteiger partial charge on any atom is 0.267 e. The van der Waals surface area contributed by atoms with Crippen LogP contribution in [0.15, 0.2) is 64.9 Å². The van der Waals surface area contributed by atoms with E-state index >= 15 is 0 Å². The quantitative estimate of drug-likeness (QED) is 0.582. The van der Waals surface area contributed by atoms with Gasteiger partial charge in [-0.1, -0.05) is 43.7 Å². The van der Waals surface area contributed by atoms with Crippen molar-refractivity contribution in [3.8, 4) is 0 Å². The molecule has 0 atom stereocenters. The van der Waals surface area contributed by atoms with Gasteiger partial charge in [0.1, 0.15) is 4.88 Å². The lowest BCUT2D eigenvalue weighted by Crippen LogP contribution is -2.28. The van der Waals surface area contributed by atoms with Gasteiger partial charge in [-0.05, 0) is 54.1 Å². The molecule has 1 heterocycles. The molecule has 29 heavy (non-hydrogen) atoms. The average Bonchev–Trinajstić information content (AvgIpc) is 3.18. The second-order valence-corrected chi connectivity index (χ2v) is 10.0. The highest BCUT2D eigenvalue weighted by Gasteiger charge is 2.26. The molecule has 7 heteroatoms. The number of thiophene rings is 1. The van der Waals surface area contributed by atoms with Gasteiger partial charge < -0.3 is 5.32 Å². The number of carbonyl (C=O) groups excluding carboxylic acids is 1. The summed E-state index contributed by atoms with van der Waals surface area (Å²) in [6.07, 6.45) is 0. The van der Waals surface area contributed by atoms with Crippen molar-refractivity contribution in [2.45, 2.75) is 31.6 Å². The molecule has 3 aromatic rings. The van der Waals surface area contributed by atoms with Crippen LogP contribution in [0.5, 0.6) is 0 Å². The molecule has 0 saturated heterocycles. The number of sulfonamides is 1. The predicted molar refractivity (Wildman–Crippen MR) is 120 cm³/mol. The summed E-state index contributed by atoms with van der Waals surface area (Å²) >= 11 is 1.21. The zero-order chi connectivity index (χ0) is 21.2. The van der Waals surface area contributed by atoms with E-state index < -0.39 is 10.0 Å². The number of aryl methyl sites for hydroxylation is 1. The number of benzene rings is 2. The Morgan fingerprint density at radius 2 is 1.62 bits per heavy atom. The Morgan fingerprint density at radius 3 is 2.21 bits per heavy atom. The number of carbonyl (C=O) groups is 1. The normalized spacial score (nSPS) is 11.5. The molecule has 0 saturated carbocycles. The first-order valence-corrected chi connectivity index (χ1v) is 11.6. The van der Waals surface area contributed by atoms with Crippen molar-refractivity contribution in [2.75, 3.05) is 16.7 Å². The summed E-state index contributed by atoms with van der Waals surface area (Å²) in [5, 5.41) is 4.57. The molecule has 5 nitrogen and oxygen atoms in total. The van der Waals surface area contributed by atoms with E-state index in [0.29, 0.717) is 22.2 Å². The Labute approximate surface area is 176 Å². The number of hydrogen-bond donors (Lipinski definition) is 1. The van der Waals surface area contributed by atoms with Crippen molar-refractivity contribution in [1.29, 1.82) is 0 Å². The summed E-state index contributed by atoms with van der Waals surface area (Å²) in [5.74, 6) is 0.0718. The first kappa shape index (κ1) is 21.1. The van der Waals surface area contributed by atoms with Crippen molar-refractivity contribution in [2.24, 2.45) is 0 Å². The third kappa shape index (κ3) is 4.52. The van der Waals surface area contributed by atoms with Crippen LogP contribution in [0.1, 0.15) is 40.6 Å². The summed E-state index contributed by atoms with van der Waals surface area (Å²) in [5.41, 5.74) is 3.18. The minimum absolute atomic E-state index is 0.187. The number of rotatable bonds is 6. The highest BCUT2D eigenvalue weighted by atomic mass is 32.2. The van der Waals surface area contributed by atoms with Crippen LogP contribution in [0.4, 0.5) is 11.4 Å². The van der Waals surface area contributed by atoms with Gasteiger partial charge in [-0.2, -0.15) is 0 Å². The lowest BCUT2D eigenvalue weighted by Gasteiger charge is -2.20. The minimum Gasteiger partial charge on any atom is -0.321 e. The van der Waals surface area contributed by atoms with E-state index in [1.165, 1.54) is 23.9 Å². The standard InChI is InChI=1S/C22H24N2O3S2/c1-15(2)17-7-9-18(10-8-17)23-22(25)21-20(13-14-28-21)24(4)29(26,27)19-11-5-16(3)6-12-19/h5-15H,1-4H3,(H,23,25). The molecule has 0 radical (unpaired) electrons. The number of amides is 1. The third-order valence-electron chi connectivity index (χ3n) is 4.70. The Kier molecular flexibility index (Phi) is 6.10. The van der Waals surface area contributed by atoms with Crippen LogP contribution >= 0.6 is 11.3 Å². The van der Waals surface area contributed by atoms with Crippen LogP contribution in [0, 0.1) is 6.92 Å². The first-order valence-electron chi connectivity index (χ1n) is 9.24. The summed E-state index contributed by atoms with van der Waals surface area (Å²) < 4.78 is 27.1. The van der Waals surface area contributed by atoms with Gasteiger partial charge in [0.15, 0.2) is 0 Å². The maximum absolute atomic E-state index is 13.0. The van der Waals surface area contributed by atoms with Crippen LogP contribution in [-0.2, 0) is 10.0 Å². The van der Waals surface area contributed by atoms with E-state index in [2.05, 4.69) is 19.2 Å². The van der Waals surface area contributed by atoms with Gasteiger partial charge in [-0.3, -0.25) is 9.10 Å². The predicted octanol–water partition coefficient (Wildman–Crippen LogP) is 5.26. The average molecular weight is 429 g/mol. The fraction of sp³-hybridized carbons (Fsp3) is 0.227. The number of nitrogens with zero attached hydrogens (tertiary/aromatic N) is 1. The highest BCUT2D eigenvalue weighted by Crippen LogP contribution is 2.30. The van der Waals surface area contributed by atoms with Gasteiger partial charge >= 0.3 is 0 Å². The number of nitrogens with one attached hydrogen (secondary N) is 1. The van der Waals surface area contributed by atoms with Crippen LogP contribution in [0.2, 0.25) is 0 Å². The van der Waals surface area contributed by atoms with Gasteiger partial charge in [0.2, 0.25) is 0 Å². The Balaban J connectivity index is 1.84. The minimum atomic E-state index is -3.76. The first-order chi connectivity index (χ1) is 13.7. The molecule has 2 aromatic carbocycles. The number of hydrogen-bond acceptors (Lipinski definition) is 4. The summed E-state index contributed by atoms with van der Waals surface area (Å²) in [6, 6.07) is 16.0. The summed E-state index contributed by atoms with van der Waals surface area (Å²) in [4.78, 5) is 13.3. The molecule has 0 fully saturated rings. The van der Waals surface area contributed by atoms with Crippen molar-refractivity contribution in [3.63, 3.8) is 0 Å². The smallest absolute Gasteiger partial charge is 0.267 e. The molecule has 0 bridgehead atoms. The fourth-order valence-electron chi connectivity index (χ4n) is 2.86. The summed E-state index contributed by atoms with van der Waals surface area (Å²) in [7, 11) is -2.30. The Hall–Kier alpha value is -2.64. The van der Waals surface area contributed by atoms with Crippen LogP contribution in [-0.4, -0.2) is 21.4 Å². The van der Waals surface area contributed by atoms with E-state index in [-0.39, 0.29) is 10.8 Å². The molecule has 0 aliphatic carbocycles. The Bertz CT molecular complexity index is 1100. The topological polar surface area (TPSA) is 66.5 Å². The largest absolute Gasteiger partial charge is 0.321 e. The molecule has 1 N–H and O–H groups in total. The lowest BCUT2D eigenvalue weighted by atomic mass is 10.0. The molecule has 0 aliphatic rings. The Morgan fingerprint density at radius 1 is 1.00 bits per heavy atom. The second-order valence-electron chi connectivity index (χ2n) is 7.15. The van der Waals surface area contributed by atoms with Crippen molar-refractivity contribution in [1.82, 2.24) is 0 Å². The molecular formula is C22H24N2O3S2. The van der Waals surface area contributed by atoms with Crippen LogP contribution in [0.25, 0.3) is 0 Å². The SMILES string of the molecule is Cc1ccc(S(=O)(=O)N(C)c2ccsc2C(=O)Nc2ccc(C(C)C)cc2)cc1. The third-order valence-corrected chi connectivity index (χ3v) is 7.39. The van der Waals surface area contributed by atoms with E-state index in [4.69, 9.17) is 0 Å². The molecule has 152 valence electrons. The van der Waals surface area contributed by atoms with Crippen molar-refractivity contribution >= 4 is 38.6 Å². The second kappa shape index (κ2) is 8.39. The molecule has 0 aliphatic heterocycles. The molecule has 1 amide bonds. The van der Waals surface area contributed by atoms with E-state index in [1.807, 2.05) is 31.2 Å². The van der Waals surface area contributed by atoms with E-state index in [0.717, 1.165) is 9.87 Å². The van der Waals surface area contributed by atoms with Gasteiger partial charge in [0, 0.05) is 12.7 Å². The molecule has 0 spiro atoms. The van der Waals surface area contributed by atoms with Gasteiger partial charge in [0.05, 0.1) is 10.6 Å². The van der Waals surface area contributed by atoms with Crippen LogP contribution in [0.3, 0.4) is 0 Å². The summed E-state index contributed by atoms with van der Waals surface area (Å²) in [6.45, 7) is 6.11. The van der Waals surface area contributed by atoms with Crippen LogP contribution < -0.4 is 9.62 Å². The van der Waals surface area contributed by atoms with Crippen molar-refractivity contribution < 1.29 is 13.2 Å². The van der Waals surface area contributed by atoms with E-state index in [1.54, 1.807) is 35.7 Å². The van der Waals surface area contributed by atoms with Gasteiger partial charge in [-0.25, -0.2) is 8.42 Å². The van der Waals surface area contributed by atoms with Crippen molar-refractivity contribution in [3.05, 3.63) is 76.0 Å². The molecule has 0 unspecified atom stereocenters. The fourth-order valence-corrected chi connectivity index (χ4v) is 4.94. The molecule has 1 aromatic heterocycles. The molecule has 3 rings (SSSR count). The highest BCUT2D eigenvalue weighted by molar-refractivity contribution is 7.92. The van der Waals surface area contributed by atoms with Gasteiger partial charge in [-0.15, -0.1) is 11.3 Å². The zero-order valence-electron chi connectivity index (χ0n) is 16.8. The molecular weight excluding hydrogens is 404 g/mol. The van der Waals surface area contributed by atoms with E-state index in [9.17, 15) is 13.2 Å². The zero-order valence-corrected chi connectivity index (χ0v) is 18.5.